The van der Waals surface area contributed by atoms with E-state index in [1.54, 1.807) is 30.6 Å². The van der Waals surface area contributed by atoms with Gasteiger partial charge in [0.25, 0.3) is 0 Å². The van der Waals surface area contributed by atoms with E-state index < -0.39 is 10.0 Å². The van der Waals surface area contributed by atoms with Crippen LogP contribution in [0.2, 0.25) is 0 Å². The number of hydrogen-bond acceptors (Lipinski definition) is 6. The maximum Gasteiger partial charge on any atom is 0.243 e. The molecule has 0 bridgehead atoms. The summed E-state index contributed by atoms with van der Waals surface area (Å²) in [6.45, 7) is 4.68. The lowest BCUT2D eigenvalue weighted by Gasteiger charge is -2.16. The van der Waals surface area contributed by atoms with Gasteiger partial charge in [0.1, 0.15) is 0 Å². The molecule has 4 rings (SSSR count). The molecule has 2 aromatic heterocycles. The van der Waals surface area contributed by atoms with Crippen LogP contribution in [0, 0.1) is 12.8 Å². The van der Waals surface area contributed by atoms with Crippen molar-refractivity contribution >= 4 is 10.0 Å². The number of nitrogens with zero attached hydrogens (tertiary/aromatic N) is 4. The molecule has 0 radical (unpaired) electrons. The highest BCUT2D eigenvalue weighted by atomic mass is 32.2. The quantitative estimate of drug-likeness (QED) is 0.687. The Morgan fingerprint density at radius 1 is 1.15 bits per heavy atom. The monoisotopic (exact) mass is 384 g/mol. The molecule has 0 saturated carbocycles. The van der Waals surface area contributed by atoms with Crippen LogP contribution in [0.4, 0.5) is 0 Å². The lowest BCUT2D eigenvalue weighted by atomic mass is 9.98. The largest absolute Gasteiger partial charge is 0.339 e. The molecule has 2 atom stereocenters. The first-order valence-corrected chi connectivity index (χ1v) is 10.2. The maximum absolute atomic E-state index is 12.9. The summed E-state index contributed by atoms with van der Waals surface area (Å²) >= 11 is 0. The molecule has 7 nitrogen and oxygen atoms in total. The van der Waals surface area contributed by atoms with Crippen LogP contribution in [0.5, 0.6) is 0 Å². The zero-order valence-electron chi connectivity index (χ0n) is 15.1. The van der Waals surface area contributed by atoms with Crippen molar-refractivity contribution in [2.45, 2.75) is 24.7 Å². The van der Waals surface area contributed by atoms with Crippen molar-refractivity contribution in [1.29, 1.82) is 0 Å². The van der Waals surface area contributed by atoms with Crippen molar-refractivity contribution in [2.75, 3.05) is 13.1 Å². The average Bonchev–Trinajstić information content (AvgIpc) is 3.30. The van der Waals surface area contributed by atoms with Gasteiger partial charge in [0.2, 0.25) is 21.7 Å². The van der Waals surface area contributed by atoms with Crippen LogP contribution in [0.25, 0.3) is 11.4 Å². The molecule has 0 amide bonds. The average molecular weight is 384 g/mol. The number of sulfonamides is 1. The minimum atomic E-state index is -3.54. The van der Waals surface area contributed by atoms with Gasteiger partial charge in [-0.1, -0.05) is 29.8 Å². The van der Waals surface area contributed by atoms with Crippen molar-refractivity contribution in [1.82, 2.24) is 19.4 Å². The van der Waals surface area contributed by atoms with E-state index in [1.165, 1.54) is 4.31 Å². The lowest BCUT2D eigenvalue weighted by Crippen LogP contribution is -2.29. The van der Waals surface area contributed by atoms with E-state index in [0.717, 1.165) is 11.1 Å². The fourth-order valence-corrected chi connectivity index (χ4v) is 4.86. The van der Waals surface area contributed by atoms with Crippen molar-refractivity contribution < 1.29 is 12.9 Å². The molecule has 1 aliphatic heterocycles. The highest BCUT2D eigenvalue weighted by Crippen LogP contribution is 2.35. The fourth-order valence-electron chi connectivity index (χ4n) is 3.30. The number of aryl methyl sites for hydroxylation is 1. The van der Waals surface area contributed by atoms with Gasteiger partial charge in [0.05, 0.1) is 10.8 Å². The third kappa shape index (κ3) is 3.38. The van der Waals surface area contributed by atoms with Gasteiger partial charge in [-0.25, -0.2) is 8.42 Å². The van der Waals surface area contributed by atoms with Crippen LogP contribution in [0.15, 0.2) is 58.2 Å². The number of rotatable bonds is 4. The predicted octanol–water partition coefficient (Wildman–Crippen LogP) is 2.86. The molecule has 8 heteroatoms. The smallest absolute Gasteiger partial charge is 0.243 e. The van der Waals surface area contributed by atoms with Gasteiger partial charge in [0.15, 0.2) is 0 Å². The van der Waals surface area contributed by atoms with E-state index in [0.29, 0.717) is 29.7 Å². The van der Waals surface area contributed by atoms with Gasteiger partial charge in [0, 0.05) is 31.0 Å². The first kappa shape index (κ1) is 17.8. The van der Waals surface area contributed by atoms with Crippen LogP contribution < -0.4 is 0 Å². The molecule has 3 aromatic rings. The molecule has 1 fully saturated rings. The second kappa shape index (κ2) is 6.86. The SMILES string of the molecule is Cc1ccc(S(=O)(=O)N2C[C@H](c3nc(-c4cccnc4)no3)[C@@H](C)C2)cc1. The van der Waals surface area contributed by atoms with Gasteiger partial charge in [-0.15, -0.1) is 0 Å². The topological polar surface area (TPSA) is 89.2 Å². The maximum atomic E-state index is 12.9. The minimum absolute atomic E-state index is 0.0763. The van der Waals surface area contributed by atoms with Crippen LogP contribution in [-0.4, -0.2) is 40.9 Å². The Morgan fingerprint density at radius 2 is 1.93 bits per heavy atom. The molecular formula is C19H20N4O3S. The highest BCUT2D eigenvalue weighted by molar-refractivity contribution is 7.89. The molecule has 3 heterocycles. The van der Waals surface area contributed by atoms with E-state index in [4.69, 9.17) is 4.52 Å². The summed E-state index contributed by atoms with van der Waals surface area (Å²) in [7, 11) is -3.54. The standard InChI is InChI=1S/C19H20N4O3S/c1-13-5-7-16(8-6-13)27(24,25)23-11-14(2)17(12-23)19-21-18(22-26-19)15-4-3-9-20-10-15/h3-10,14,17H,11-12H2,1-2H3/t14-,17-/m0/s1. The number of aromatic nitrogens is 3. The second-order valence-corrected chi connectivity index (χ2v) is 8.85. The summed E-state index contributed by atoms with van der Waals surface area (Å²) in [5.41, 5.74) is 1.79. The van der Waals surface area contributed by atoms with Gasteiger partial charge in [-0.2, -0.15) is 9.29 Å². The zero-order chi connectivity index (χ0) is 19.0. The highest BCUT2D eigenvalue weighted by Gasteiger charge is 2.40. The lowest BCUT2D eigenvalue weighted by molar-refractivity contribution is 0.338. The number of pyridine rings is 1. The summed E-state index contributed by atoms with van der Waals surface area (Å²) in [5.74, 6) is 0.865. The summed E-state index contributed by atoms with van der Waals surface area (Å²) in [4.78, 5) is 8.84. The summed E-state index contributed by atoms with van der Waals surface area (Å²) in [5, 5.41) is 4.03. The van der Waals surface area contributed by atoms with Crippen molar-refractivity contribution in [3.8, 4) is 11.4 Å². The van der Waals surface area contributed by atoms with Crippen LogP contribution >= 0.6 is 0 Å². The van der Waals surface area contributed by atoms with Crippen LogP contribution in [-0.2, 0) is 10.0 Å². The van der Waals surface area contributed by atoms with Gasteiger partial charge in [-0.05, 0) is 37.1 Å². The molecule has 0 N–H and O–H groups in total. The first-order chi connectivity index (χ1) is 12.9. The summed E-state index contributed by atoms with van der Waals surface area (Å²) in [6.07, 6.45) is 3.35. The molecular weight excluding hydrogens is 364 g/mol. The van der Waals surface area contributed by atoms with Crippen molar-refractivity contribution in [3.05, 3.63) is 60.2 Å². The molecule has 0 unspecified atom stereocenters. The normalized spacial score (nSPS) is 20.8. The third-order valence-corrected chi connectivity index (χ3v) is 6.76. The minimum Gasteiger partial charge on any atom is -0.339 e. The van der Waals surface area contributed by atoms with E-state index in [2.05, 4.69) is 15.1 Å². The fraction of sp³-hybridized carbons (Fsp3) is 0.316. The van der Waals surface area contributed by atoms with E-state index >= 15 is 0 Å². The van der Waals surface area contributed by atoms with E-state index in [-0.39, 0.29) is 11.8 Å². The Balaban J connectivity index is 1.57. The molecule has 1 aromatic carbocycles. The predicted molar refractivity (Wildman–Crippen MR) is 99.4 cm³/mol. The molecule has 1 saturated heterocycles. The molecule has 0 spiro atoms. The molecule has 0 aliphatic carbocycles. The second-order valence-electron chi connectivity index (χ2n) is 6.92. The third-order valence-electron chi connectivity index (χ3n) is 4.92. The Hall–Kier alpha value is -2.58. The number of benzene rings is 1. The van der Waals surface area contributed by atoms with E-state index in [1.807, 2.05) is 32.0 Å². The van der Waals surface area contributed by atoms with Gasteiger partial charge in [-0.3, -0.25) is 4.98 Å². The van der Waals surface area contributed by atoms with Crippen LogP contribution in [0.3, 0.4) is 0 Å². The first-order valence-electron chi connectivity index (χ1n) is 8.76. The van der Waals surface area contributed by atoms with E-state index in [9.17, 15) is 8.42 Å². The van der Waals surface area contributed by atoms with Gasteiger partial charge < -0.3 is 4.52 Å². The molecule has 140 valence electrons. The van der Waals surface area contributed by atoms with Gasteiger partial charge >= 0.3 is 0 Å². The Kier molecular flexibility index (Phi) is 4.53. The Labute approximate surface area is 158 Å². The van der Waals surface area contributed by atoms with Crippen molar-refractivity contribution in [2.24, 2.45) is 5.92 Å². The zero-order valence-corrected chi connectivity index (χ0v) is 15.9. The van der Waals surface area contributed by atoms with Crippen molar-refractivity contribution in [3.63, 3.8) is 0 Å². The molecule has 27 heavy (non-hydrogen) atoms. The molecule has 1 aliphatic rings. The van der Waals surface area contributed by atoms with Crippen LogP contribution in [0.1, 0.15) is 24.3 Å². The summed E-state index contributed by atoms with van der Waals surface area (Å²) in [6, 6.07) is 10.6. The Morgan fingerprint density at radius 3 is 2.63 bits per heavy atom. The Bertz CT molecular complexity index is 1030. The summed E-state index contributed by atoms with van der Waals surface area (Å²) < 4.78 is 32.8. The number of hydrogen-bond donors (Lipinski definition) is 0.